The second-order valence-electron chi connectivity index (χ2n) is 7.83. The van der Waals surface area contributed by atoms with E-state index in [9.17, 15) is 0 Å². The average Bonchev–Trinajstić information content (AvgIpc) is 3.28. The Morgan fingerprint density at radius 2 is 1.72 bits per heavy atom. The first-order valence-electron chi connectivity index (χ1n) is 10.6. The molecule has 0 saturated carbocycles. The molecule has 7 nitrogen and oxygen atoms in total. The molecule has 4 heterocycles. The van der Waals surface area contributed by atoms with E-state index in [0.717, 1.165) is 33.5 Å². The topological polar surface area (TPSA) is 81.4 Å². The fraction of sp³-hybridized carbons (Fsp3) is 0.160. The van der Waals surface area contributed by atoms with Gasteiger partial charge < -0.3 is 9.88 Å². The maximum atomic E-state index is 4.82. The maximum Gasteiger partial charge on any atom is 0.166 e. The van der Waals surface area contributed by atoms with E-state index in [-0.39, 0.29) is 6.04 Å². The van der Waals surface area contributed by atoms with Crippen molar-refractivity contribution in [2.45, 2.75) is 26.4 Å². The van der Waals surface area contributed by atoms with Crippen molar-refractivity contribution in [1.29, 1.82) is 0 Å². The van der Waals surface area contributed by atoms with Crippen LogP contribution >= 0.6 is 0 Å². The summed E-state index contributed by atoms with van der Waals surface area (Å²) < 4.78 is 2.07. The molecule has 0 spiro atoms. The first-order chi connectivity index (χ1) is 15.7. The molecule has 1 N–H and O–H groups in total. The van der Waals surface area contributed by atoms with Crippen LogP contribution in [0.1, 0.15) is 25.5 Å². The van der Waals surface area contributed by atoms with Gasteiger partial charge in [0.1, 0.15) is 5.52 Å². The van der Waals surface area contributed by atoms with Gasteiger partial charge in [-0.05, 0) is 37.6 Å². The molecule has 0 bridgehead atoms. The van der Waals surface area contributed by atoms with Crippen LogP contribution in [-0.4, -0.2) is 29.5 Å². The van der Waals surface area contributed by atoms with Crippen molar-refractivity contribution in [2.24, 2.45) is 0 Å². The van der Waals surface area contributed by atoms with E-state index in [1.807, 2.05) is 67.3 Å². The molecule has 158 valence electrons. The number of pyridine rings is 2. The highest BCUT2D eigenvalue weighted by Crippen LogP contribution is 2.26. The fourth-order valence-corrected chi connectivity index (χ4v) is 3.53. The van der Waals surface area contributed by atoms with Gasteiger partial charge >= 0.3 is 0 Å². The summed E-state index contributed by atoms with van der Waals surface area (Å²) in [6.07, 6.45) is 7.27. The zero-order valence-electron chi connectivity index (χ0n) is 18.0. The predicted molar refractivity (Wildman–Crippen MR) is 126 cm³/mol. The van der Waals surface area contributed by atoms with Gasteiger partial charge in [0.05, 0.1) is 12.0 Å². The van der Waals surface area contributed by atoms with E-state index >= 15 is 0 Å². The molecule has 0 aliphatic heterocycles. The van der Waals surface area contributed by atoms with E-state index in [4.69, 9.17) is 9.97 Å². The highest BCUT2D eigenvalue weighted by Gasteiger charge is 2.15. The number of hydrogen-bond acceptors (Lipinski definition) is 6. The summed E-state index contributed by atoms with van der Waals surface area (Å²) in [7, 11) is 0. The quantitative estimate of drug-likeness (QED) is 0.409. The fourth-order valence-electron chi connectivity index (χ4n) is 3.53. The molecule has 0 aliphatic rings. The number of nitrogens with one attached hydrogen (secondary N) is 1. The highest BCUT2D eigenvalue weighted by molar-refractivity contribution is 5.85. The first kappa shape index (κ1) is 19.8. The Bertz CT molecular complexity index is 1330. The van der Waals surface area contributed by atoms with Gasteiger partial charge in [0.2, 0.25) is 0 Å². The van der Waals surface area contributed by atoms with Gasteiger partial charge in [0, 0.05) is 42.3 Å². The van der Waals surface area contributed by atoms with Crippen LogP contribution in [0.5, 0.6) is 0 Å². The Labute approximate surface area is 186 Å². The lowest BCUT2D eigenvalue weighted by molar-refractivity contribution is 0.613. The normalized spacial score (nSPS) is 11.2. The van der Waals surface area contributed by atoms with Crippen LogP contribution in [0.3, 0.4) is 0 Å². The van der Waals surface area contributed by atoms with Crippen LogP contribution in [0, 0.1) is 0 Å². The van der Waals surface area contributed by atoms with Gasteiger partial charge in [0.15, 0.2) is 17.3 Å². The monoisotopic (exact) mass is 421 g/mol. The third-order valence-electron chi connectivity index (χ3n) is 5.25. The zero-order valence-corrected chi connectivity index (χ0v) is 18.0. The minimum Gasteiger partial charge on any atom is -0.364 e. The predicted octanol–water partition coefficient (Wildman–Crippen LogP) is 5.14. The highest BCUT2D eigenvalue weighted by atomic mass is 15.2. The van der Waals surface area contributed by atoms with Crippen molar-refractivity contribution in [1.82, 2.24) is 29.5 Å². The van der Waals surface area contributed by atoms with Crippen molar-refractivity contribution in [3.8, 4) is 22.6 Å². The number of hydrogen-bond donors (Lipinski definition) is 1. The lowest BCUT2D eigenvalue weighted by Crippen LogP contribution is -2.06. The number of anilines is 1. The third kappa shape index (κ3) is 3.92. The van der Waals surface area contributed by atoms with Crippen LogP contribution in [0.4, 0.5) is 5.82 Å². The van der Waals surface area contributed by atoms with Crippen molar-refractivity contribution >= 4 is 17.0 Å². The molecule has 7 heteroatoms. The summed E-state index contributed by atoms with van der Waals surface area (Å²) in [5.41, 5.74) is 5.50. The second kappa shape index (κ2) is 8.55. The first-order valence-corrected chi connectivity index (χ1v) is 10.6. The standard InChI is InChI=1S/C25H23N7/c1-17(2)32-16-29-22-24(30-23(31-25(22)32)19-7-4-3-5-8-19)28-14-18-10-11-21(27-13-18)20-9-6-12-26-15-20/h3-13,15-17H,14H2,1-2H3,(H,28,30,31). The molecule has 0 atom stereocenters. The van der Waals surface area contributed by atoms with Crippen LogP contribution < -0.4 is 5.32 Å². The SMILES string of the molecule is CC(C)n1cnc2c(NCc3ccc(-c4cccnc4)nc3)nc(-c3ccccc3)nc21. The van der Waals surface area contributed by atoms with Crippen LogP contribution in [-0.2, 0) is 6.54 Å². The van der Waals surface area contributed by atoms with Crippen molar-refractivity contribution < 1.29 is 0 Å². The van der Waals surface area contributed by atoms with Crippen LogP contribution in [0.15, 0.2) is 79.5 Å². The minimum atomic E-state index is 0.246. The molecule has 0 radical (unpaired) electrons. The van der Waals surface area contributed by atoms with Gasteiger partial charge in [-0.2, -0.15) is 0 Å². The molecule has 4 aromatic heterocycles. The number of aromatic nitrogens is 6. The van der Waals surface area contributed by atoms with Crippen molar-refractivity contribution in [3.05, 3.63) is 85.1 Å². The van der Waals surface area contributed by atoms with Gasteiger partial charge in [0.25, 0.3) is 0 Å². The summed E-state index contributed by atoms with van der Waals surface area (Å²) in [6, 6.07) is 18.2. The lowest BCUT2D eigenvalue weighted by atomic mass is 10.1. The van der Waals surface area contributed by atoms with E-state index in [1.165, 1.54) is 0 Å². The summed E-state index contributed by atoms with van der Waals surface area (Å²) in [5, 5.41) is 3.45. The van der Waals surface area contributed by atoms with Crippen molar-refractivity contribution in [2.75, 3.05) is 5.32 Å². The van der Waals surface area contributed by atoms with Crippen LogP contribution in [0.25, 0.3) is 33.8 Å². The van der Waals surface area contributed by atoms with Gasteiger partial charge in [-0.1, -0.05) is 36.4 Å². The molecule has 0 amide bonds. The Balaban J connectivity index is 1.46. The van der Waals surface area contributed by atoms with Gasteiger partial charge in [-0.15, -0.1) is 0 Å². The maximum absolute atomic E-state index is 4.82. The molecule has 5 rings (SSSR count). The summed E-state index contributed by atoms with van der Waals surface area (Å²) in [6.45, 7) is 4.82. The average molecular weight is 422 g/mol. The zero-order chi connectivity index (χ0) is 21.9. The number of rotatable bonds is 6. The largest absolute Gasteiger partial charge is 0.364 e. The smallest absolute Gasteiger partial charge is 0.166 e. The van der Waals surface area contributed by atoms with E-state index in [0.29, 0.717) is 18.2 Å². The number of benzene rings is 1. The Morgan fingerprint density at radius 3 is 2.44 bits per heavy atom. The Morgan fingerprint density at radius 1 is 0.875 bits per heavy atom. The molecule has 0 saturated heterocycles. The Hall–Kier alpha value is -4.13. The third-order valence-corrected chi connectivity index (χ3v) is 5.25. The van der Waals surface area contributed by atoms with Crippen LogP contribution in [0.2, 0.25) is 0 Å². The Kier molecular flexibility index (Phi) is 5.29. The lowest BCUT2D eigenvalue weighted by Gasteiger charge is -2.11. The molecule has 5 aromatic rings. The molecule has 32 heavy (non-hydrogen) atoms. The summed E-state index contributed by atoms with van der Waals surface area (Å²) in [4.78, 5) is 23.0. The van der Waals surface area contributed by atoms with Gasteiger partial charge in [-0.3, -0.25) is 9.97 Å². The molecule has 0 aliphatic carbocycles. The molecule has 1 aromatic carbocycles. The molecular formula is C25H23N7. The summed E-state index contributed by atoms with van der Waals surface area (Å²) >= 11 is 0. The number of fused-ring (bicyclic) bond motifs is 1. The van der Waals surface area contributed by atoms with Crippen molar-refractivity contribution in [3.63, 3.8) is 0 Å². The minimum absolute atomic E-state index is 0.246. The summed E-state index contributed by atoms with van der Waals surface area (Å²) in [5.74, 6) is 1.39. The number of nitrogens with zero attached hydrogens (tertiary/aromatic N) is 6. The van der Waals surface area contributed by atoms with E-state index in [1.54, 1.807) is 6.20 Å². The molecular weight excluding hydrogens is 398 g/mol. The number of imidazole rings is 1. The van der Waals surface area contributed by atoms with E-state index < -0.39 is 0 Å². The molecule has 0 unspecified atom stereocenters. The molecule has 0 fully saturated rings. The second-order valence-corrected chi connectivity index (χ2v) is 7.83. The van der Waals surface area contributed by atoms with Gasteiger partial charge in [-0.25, -0.2) is 15.0 Å². The van der Waals surface area contributed by atoms with E-state index in [2.05, 4.69) is 44.7 Å².